The van der Waals surface area contributed by atoms with Gasteiger partial charge in [0.25, 0.3) is 0 Å². The minimum absolute atomic E-state index is 0.0342. The normalized spacial score (nSPS) is 18.0. The van der Waals surface area contributed by atoms with E-state index in [1.807, 2.05) is 0 Å². The van der Waals surface area contributed by atoms with E-state index in [4.69, 9.17) is 11.6 Å². The lowest BCUT2D eigenvalue weighted by Crippen LogP contribution is -2.30. The molecule has 1 aliphatic rings. The Hall–Kier alpha value is -1.40. The Morgan fingerprint density at radius 1 is 1.37 bits per heavy atom. The zero-order valence-corrected chi connectivity index (χ0v) is 11.2. The molecule has 0 unspecified atom stereocenters. The second-order valence-electron chi connectivity index (χ2n) is 5.19. The molecule has 0 saturated heterocycles. The van der Waals surface area contributed by atoms with Crippen LogP contribution in [0.1, 0.15) is 25.7 Å². The van der Waals surface area contributed by atoms with Crippen molar-refractivity contribution in [3.63, 3.8) is 0 Å². The number of halogens is 1. The first-order chi connectivity index (χ1) is 9.22. The van der Waals surface area contributed by atoms with E-state index in [0.717, 1.165) is 18.2 Å². The minimum Gasteiger partial charge on any atom is -0.396 e. The van der Waals surface area contributed by atoms with Gasteiger partial charge in [0.05, 0.1) is 18.2 Å². The van der Waals surface area contributed by atoms with Crippen molar-refractivity contribution in [2.75, 3.05) is 18.5 Å². The summed E-state index contributed by atoms with van der Waals surface area (Å²) in [6, 6.07) is 0. The Labute approximate surface area is 115 Å². The van der Waals surface area contributed by atoms with Gasteiger partial charge >= 0.3 is 0 Å². The largest absolute Gasteiger partial charge is 0.396 e. The fraction of sp³-hybridized carbons (Fsp3) is 0.583. The second kappa shape index (κ2) is 4.94. The molecule has 0 spiro atoms. The van der Waals surface area contributed by atoms with E-state index in [2.05, 4.69) is 25.5 Å². The van der Waals surface area contributed by atoms with E-state index in [9.17, 15) is 5.11 Å². The molecule has 0 bridgehead atoms. The maximum Gasteiger partial charge on any atom is 0.226 e. The van der Waals surface area contributed by atoms with Gasteiger partial charge < -0.3 is 10.4 Å². The van der Waals surface area contributed by atoms with Gasteiger partial charge in [0.1, 0.15) is 5.82 Å². The molecular weight excluding hydrogens is 266 g/mol. The van der Waals surface area contributed by atoms with Crippen molar-refractivity contribution in [1.82, 2.24) is 20.2 Å². The first-order valence-electron chi connectivity index (χ1n) is 6.44. The van der Waals surface area contributed by atoms with Crippen molar-refractivity contribution in [2.24, 2.45) is 5.41 Å². The molecule has 2 heterocycles. The summed E-state index contributed by atoms with van der Waals surface area (Å²) in [6.45, 7) is 0.893. The number of hydrogen-bond acceptors (Lipinski definition) is 5. The number of anilines is 1. The smallest absolute Gasteiger partial charge is 0.226 e. The Morgan fingerprint density at radius 3 is 2.89 bits per heavy atom. The fourth-order valence-corrected chi connectivity index (χ4v) is 2.90. The molecule has 3 N–H and O–H groups in total. The van der Waals surface area contributed by atoms with Crippen LogP contribution in [0.5, 0.6) is 0 Å². The summed E-state index contributed by atoms with van der Waals surface area (Å²) in [4.78, 5) is 8.26. The molecule has 7 heteroatoms. The molecule has 0 radical (unpaired) electrons. The van der Waals surface area contributed by atoms with Gasteiger partial charge in [-0.3, -0.25) is 5.10 Å². The Balaban J connectivity index is 1.83. The highest BCUT2D eigenvalue weighted by Gasteiger charge is 2.33. The molecule has 6 nitrogen and oxygen atoms in total. The van der Waals surface area contributed by atoms with Crippen LogP contribution in [0.4, 0.5) is 5.82 Å². The third kappa shape index (κ3) is 2.37. The standard InChI is InChI=1S/C12H16ClN5O/c13-11-16-9(8-5-15-18-10(8)17-11)14-6-12(7-19)3-1-2-4-12/h5,19H,1-4,6-7H2,(H2,14,15,16,17,18). The summed E-state index contributed by atoms with van der Waals surface area (Å²) < 4.78 is 0. The van der Waals surface area contributed by atoms with Crippen molar-refractivity contribution < 1.29 is 5.11 Å². The number of aliphatic hydroxyl groups is 1. The molecular formula is C12H16ClN5O. The summed E-state index contributed by atoms with van der Waals surface area (Å²) in [7, 11) is 0. The lowest BCUT2D eigenvalue weighted by atomic mass is 9.87. The van der Waals surface area contributed by atoms with Crippen LogP contribution >= 0.6 is 11.6 Å². The topological polar surface area (TPSA) is 86.7 Å². The van der Waals surface area contributed by atoms with E-state index in [1.165, 1.54) is 12.8 Å². The summed E-state index contributed by atoms with van der Waals surface area (Å²) >= 11 is 5.89. The summed E-state index contributed by atoms with van der Waals surface area (Å²) in [5.41, 5.74) is 0.583. The minimum atomic E-state index is -0.0342. The number of nitrogens with one attached hydrogen (secondary N) is 2. The quantitative estimate of drug-likeness (QED) is 0.746. The van der Waals surface area contributed by atoms with E-state index in [1.54, 1.807) is 6.20 Å². The number of H-pyrrole nitrogens is 1. The number of hydrogen-bond donors (Lipinski definition) is 3. The van der Waals surface area contributed by atoms with Crippen molar-refractivity contribution in [3.8, 4) is 0 Å². The van der Waals surface area contributed by atoms with Crippen LogP contribution < -0.4 is 5.32 Å². The monoisotopic (exact) mass is 281 g/mol. The van der Waals surface area contributed by atoms with Crippen molar-refractivity contribution in [2.45, 2.75) is 25.7 Å². The SMILES string of the molecule is OCC1(CNc2nc(Cl)nc3[nH]ncc23)CCCC1. The molecule has 102 valence electrons. The van der Waals surface area contributed by atoms with E-state index in [-0.39, 0.29) is 17.3 Å². The maximum absolute atomic E-state index is 9.61. The maximum atomic E-state index is 9.61. The molecule has 2 aromatic heterocycles. The third-order valence-corrected chi connectivity index (χ3v) is 4.08. The van der Waals surface area contributed by atoms with Crippen LogP contribution in [0.15, 0.2) is 6.20 Å². The van der Waals surface area contributed by atoms with E-state index >= 15 is 0 Å². The van der Waals surface area contributed by atoms with Crippen LogP contribution in [0.3, 0.4) is 0 Å². The van der Waals surface area contributed by atoms with Crippen molar-refractivity contribution in [3.05, 3.63) is 11.5 Å². The molecule has 19 heavy (non-hydrogen) atoms. The van der Waals surface area contributed by atoms with Crippen LogP contribution in [-0.4, -0.2) is 38.4 Å². The molecule has 0 atom stereocenters. The molecule has 1 saturated carbocycles. The number of nitrogens with zero attached hydrogens (tertiary/aromatic N) is 3. The zero-order chi connectivity index (χ0) is 13.3. The Kier molecular flexibility index (Phi) is 3.28. The van der Waals surface area contributed by atoms with Gasteiger partial charge in [0.2, 0.25) is 5.28 Å². The van der Waals surface area contributed by atoms with Crippen LogP contribution in [0, 0.1) is 5.41 Å². The van der Waals surface area contributed by atoms with Gasteiger partial charge in [-0.1, -0.05) is 12.8 Å². The lowest BCUT2D eigenvalue weighted by Gasteiger charge is -2.26. The van der Waals surface area contributed by atoms with Gasteiger partial charge in [-0.25, -0.2) is 0 Å². The highest BCUT2D eigenvalue weighted by atomic mass is 35.5. The Bertz CT molecular complexity index is 579. The van der Waals surface area contributed by atoms with E-state index in [0.29, 0.717) is 18.0 Å². The molecule has 1 aliphatic carbocycles. The number of aromatic amines is 1. The van der Waals surface area contributed by atoms with Gasteiger partial charge in [0, 0.05) is 12.0 Å². The van der Waals surface area contributed by atoms with Crippen molar-refractivity contribution in [1.29, 1.82) is 0 Å². The van der Waals surface area contributed by atoms with Gasteiger partial charge in [-0.2, -0.15) is 15.1 Å². The molecule has 0 aliphatic heterocycles. The lowest BCUT2D eigenvalue weighted by molar-refractivity contribution is 0.142. The van der Waals surface area contributed by atoms with Gasteiger partial charge in [0.15, 0.2) is 5.65 Å². The third-order valence-electron chi connectivity index (χ3n) is 3.91. The molecule has 0 amide bonds. The summed E-state index contributed by atoms with van der Waals surface area (Å²) in [5.74, 6) is 0.670. The number of aliphatic hydroxyl groups excluding tert-OH is 1. The first-order valence-corrected chi connectivity index (χ1v) is 6.82. The molecule has 0 aromatic carbocycles. The highest BCUT2D eigenvalue weighted by molar-refractivity contribution is 6.28. The number of aromatic nitrogens is 4. The predicted octanol–water partition coefficient (Wildman–Crippen LogP) is 1.97. The predicted molar refractivity (Wildman–Crippen MR) is 73.2 cm³/mol. The molecule has 2 aromatic rings. The second-order valence-corrected chi connectivity index (χ2v) is 5.53. The van der Waals surface area contributed by atoms with Crippen LogP contribution in [-0.2, 0) is 0 Å². The number of fused-ring (bicyclic) bond motifs is 1. The molecule has 1 fully saturated rings. The fourth-order valence-electron chi connectivity index (χ4n) is 2.73. The Morgan fingerprint density at radius 2 is 2.16 bits per heavy atom. The highest BCUT2D eigenvalue weighted by Crippen LogP contribution is 2.37. The number of rotatable bonds is 4. The first kappa shape index (κ1) is 12.6. The average molecular weight is 282 g/mol. The van der Waals surface area contributed by atoms with Crippen LogP contribution in [0.2, 0.25) is 5.28 Å². The summed E-state index contributed by atoms with van der Waals surface area (Å²) in [5, 5.41) is 20.6. The zero-order valence-electron chi connectivity index (χ0n) is 10.5. The summed E-state index contributed by atoms with van der Waals surface area (Å²) in [6.07, 6.45) is 6.11. The van der Waals surface area contributed by atoms with E-state index < -0.39 is 0 Å². The molecule has 3 rings (SSSR count). The van der Waals surface area contributed by atoms with Gasteiger partial charge in [-0.05, 0) is 24.4 Å². The van der Waals surface area contributed by atoms with Crippen molar-refractivity contribution >= 4 is 28.5 Å². The average Bonchev–Trinajstić information content (AvgIpc) is 3.05. The van der Waals surface area contributed by atoms with Crippen LogP contribution in [0.25, 0.3) is 11.0 Å². The van der Waals surface area contributed by atoms with Gasteiger partial charge in [-0.15, -0.1) is 0 Å².